The number of carbonyl (C=O) groups excluding carboxylic acids is 2. The molecule has 35 heavy (non-hydrogen) atoms. The number of piperidine rings is 1. The summed E-state index contributed by atoms with van der Waals surface area (Å²) in [6.45, 7) is 7.11. The van der Waals surface area contributed by atoms with Crippen LogP contribution in [0.2, 0.25) is 0 Å². The normalized spacial score (nSPS) is 20.9. The van der Waals surface area contributed by atoms with Crippen LogP contribution in [0.4, 0.5) is 10.5 Å². The van der Waals surface area contributed by atoms with E-state index in [1.165, 1.54) is 0 Å². The zero-order valence-electron chi connectivity index (χ0n) is 21.2. The highest BCUT2D eigenvalue weighted by atomic mass is 16.6. The predicted octanol–water partition coefficient (Wildman–Crippen LogP) is 4.25. The number of likely N-dealkylation sites (tertiary alicyclic amines) is 1. The Labute approximate surface area is 207 Å². The summed E-state index contributed by atoms with van der Waals surface area (Å²) in [5, 5.41) is 12.1. The predicted molar refractivity (Wildman–Crippen MR) is 136 cm³/mol. The minimum absolute atomic E-state index is 0.187. The number of carbonyl (C=O) groups is 2. The maximum Gasteiger partial charge on any atom is 0.408 e. The Morgan fingerprint density at radius 3 is 2.49 bits per heavy atom. The molecule has 7 heteroatoms. The van der Waals surface area contributed by atoms with E-state index < -0.39 is 23.2 Å². The fourth-order valence-corrected chi connectivity index (χ4v) is 5.25. The van der Waals surface area contributed by atoms with Crippen LogP contribution in [0.5, 0.6) is 0 Å². The molecule has 1 saturated heterocycles. The number of fused-ring (bicyclic) bond motifs is 2. The molecular formula is C28H34N4O3. The molecule has 1 spiro atoms. The fourth-order valence-electron chi connectivity index (χ4n) is 5.25. The van der Waals surface area contributed by atoms with Gasteiger partial charge in [0.15, 0.2) is 0 Å². The number of anilines is 1. The van der Waals surface area contributed by atoms with E-state index in [9.17, 15) is 14.9 Å². The summed E-state index contributed by atoms with van der Waals surface area (Å²) < 4.78 is 5.26. The minimum atomic E-state index is -0.680. The Morgan fingerprint density at radius 1 is 1.17 bits per heavy atom. The summed E-state index contributed by atoms with van der Waals surface area (Å²) in [4.78, 5) is 29.4. The number of ether oxygens (including phenoxy) is 1. The van der Waals surface area contributed by atoms with Gasteiger partial charge in [0.1, 0.15) is 11.6 Å². The van der Waals surface area contributed by atoms with Gasteiger partial charge in [-0.2, -0.15) is 5.26 Å². The number of nitrogens with zero attached hydrogens (tertiary/aromatic N) is 3. The Bertz CT molecular complexity index is 1160. The van der Waals surface area contributed by atoms with Gasteiger partial charge in [-0.1, -0.05) is 30.3 Å². The Kier molecular flexibility index (Phi) is 6.61. The van der Waals surface area contributed by atoms with Crippen LogP contribution in [-0.2, 0) is 21.4 Å². The molecule has 7 nitrogen and oxygen atoms in total. The van der Waals surface area contributed by atoms with Gasteiger partial charge in [-0.05, 0) is 81.6 Å². The van der Waals surface area contributed by atoms with Crippen LogP contribution in [0.15, 0.2) is 42.5 Å². The third kappa shape index (κ3) is 5.03. The van der Waals surface area contributed by atoms with Crippen LogP contribution < -0.4 is 10.2 Å². The van der Waals surface area contributed by atoms with E-state index in [0.29, 0.717) is 6.42 Å². The molecule has 4 rings (SSSR count). The first-order valence-electron chi connectivity index (χ1n) is 12.1. The molecule has 2 amide bonds. The van der Waals surface area contributed by atoms with Gasteiger partial charge in [0.25, 0.3) is 0 Å². The number of nitrogens with one attached hydrogen (secondary N) is 1. The van der Waals surface area contributed by atoms with Crippen molar-refractivity contribution in [1.82, 2.24) is 10.2 Å². The molecule has 2 aliphatic rings. The zero-order chi connectivity index (χ0) is 25.4. The monoisotopic (exact) mass is 474 g/mol. The fraction of sp³-hybridized carbons (Fsp3) is 0.464. The average molecular weight is 475 g/mol. The Morgan fingerprint density at radius 2 is 1.86 bits per heavy atom. The highest BCUT2D eigenvalue weighted by molar-refractivity contribution is 6.08. The van der Waals surface area contributed by atoms with Gasteiger partial charge < -0.3 is 19.9 Å². The zero-order valence-corrected chi connectivity index (χ0v) is 21.2. The molecule has 0 aromatic heterocycles. The van der Waals surface area contributed by atoms with Crippen LogP contribution in [0, 0.1) is 11.3 Å². The summed E-state index contributed by atoms with van der Waals surface area (Å²) in [7, 11) is 3.96. The van der Waals surface area contributed by atoms with Crippen molar-refractivity contribution in [1.29, 1.82) is 5.26 Å². The Hall–Kier alpha value is -3.37. The standard InChI is InChI=1S/C28H34N4O3/c1-27(2,3)35-26(34)30-22(17-29)15-19-7-9-20(10-8-19)21-11-12-24-23(16-21)28(25(33)32(24)5)13-6-14-31(4)18-28/h7-12,16,22H,6,13-15,18H2,1-5H3,(H,30,34)/t22-,28?/m0/s1. The highest BCUT2D eigenvalue weighted by Crippen LogP contribution is 2.47. The van der Waals surface area contributed by atoms with Gasteiger partial charge in [0.2, 0.25) is 5.91 Å². The Balaban J connectivity index is 1.53. The topological polar surface area (TPSA) is 85.7 Å². The molecular weight excluding hydrogens is 440 g/mol. The summed E-state index contributed by atoms with van der Waals surface area (Å²) >= 11 is 0. The van der Waals surface area contributed by atoms with Crippen LogP contribution >= 0.6 is 0 Å². The molecule has 0 bridgehead atoms. The molecule has 0 radical (unpaired) electrons. The third-order valence-electron chi connectivity index (χ3n) is 6.84. The van der Waals surface area contributed by atoms with E-state index in [4.69, 9.17) is 4.74 Å². The van der Waals surface area contributed by atoms with E-state index in [1.54, 1.807) is 25.7 Å². The summed E-state index contributed by atoms with van der Waals surface area (Å²) in [6, 6.07) is 15.7. The van der Waals surface area contributed by atoms with Crippen molar-refractivity contribution in [3.8, 4) is 17.2 Å². The molecule has 184 valence electrons. The molecule has 2 aromatic carbocycles. The van der Waals surface area contributed by atoms with Gasteiger partial charge >= 0.3 is 6.09 Å². The number of likely N-dealkylation sites (N-methyl/N-ethyl adjacent to an activating group) is 2. The maximum atomic E-state index is 13.3. The van der Waals surface area contributed by atoms with Crippen LogP contribution in [-0.4, -0.2) is 55.7 Å². The summed E-state index contributed by atoms with van der Waals surface area (Å²) in [5.74, 6) is 0.187. The molecule has 2 aliphatic heterocycles. The quantitative estimate of drug-likeness (QED) is 0.716. The first-order chi connectivity index (χ1) is 16.5. The number of amides is 2. The molecule has 0 aliphatic carbocycles. The number of alkyl carbamates (subject to hydrolysis) is 1. The van der Waals surface area contributed by atoms with Crippen molar-refractivity contribution in [3.63, 3.8) is 0 Å². The van der Waals surface area contributed by atoms with Crippen LogP contribution in [0.25, 0.3) is 11.1 Å². The van der Waals surface area contributed by atoms with Gasteiger partial charge in [0, 0.05) is 25.7 Å². The second-order valence-electron chi connectivity index (χ2n) is 10.7. The van der Waals surface area contributed by atoms with Crippen LogP contribution in [0.1, 0.15) is 44.7 Å². The van der Waals surface area contributed by atoms with Crippen molar-refractivity contribution >= 4 is 17.7 Å². The average Bonchev–Trinajstić information content (AvgIpc) is 2.99. The first kappa shape index (κ1) is 24.7. The van der Waals surface area contributed by atoms with E-state index in [-0.39, 0.29) is 5.91 Å². The van der Waals surface area contributed by atoms with Gasteiger partial charge in [-0.3, -0.25) is 4.79 Å². The number of hydrogen-bond donors (Lipinski definition) is 1. The molecule has 1 N–H and O–H groups in total. The maximum absolute atomic E-state index is 13.3. The van der Waals surface area contributed by atoms with Gasteiger partial charge in [0.05, 0.1) is 11.5 Å². The van der Waals surface area contributed by atoms with E-state index in [1.807, 2.05) is 31.3 Å². The molecule has 2 atom stereocenters. The summed E-state index contributed by atoms with van der Waals surface area (Å²) in [6.07, 6.45) is 1.66. The second-order valence-corrected chi connectivity index (χ2v) is 10.7. The van der Waals surface area contributed by atoms with Crippen molar-refractivity contribution in [2.75, 3.05) is 32.1 Å². The lowest BCUT2D eigenvalue weighted by molar-refractivity contribution is -0.124. The lowest BCUT2D eigenvalue weighted by Gasteiger charge is -2.37. The second kappa shape index (κ2) is 9.35. The smallest absolute Gasteiger partial charge is 0.408 e. The first-order valence-corrected chi connectivity index (χ1v) is 12.1. The van der Waals surface area contributed by atoms with Crippen molar-refractivity contribution in [2.45, 2.75) is 57.1 Å². The lowest BCUT2D eigenvalue weighted by Crippen LogP contribution is -2.50. The number of benzene rings is 2. The van der Waals surface area contributed by atoms with Crippen molar-refractivity contribution in [3.05, 3.63) is 53.6 Å². The van der Waals surface area contributed by atoms with Crippen LogP contribution in [0.3, 0.4) is 0 Å². The number of hydrogen-bond acceptors (Lipinski definition) is 5. The third-order valence-corrected chi connectivity index (χ3v) is 6.84. The molecule has 0 saturated carbocycles. The van der Waals surface area contributed by atoms with E-state index in [2.05, 4.69) is 41.5 Å². The molecule has 1 unspecified atom stereocenters. The van der Waals surface area contributed by atoms with E-state index in [0.717, 1.165) is 53.9 Å². The summed E-state index contributed by atoms with van der Waals surface area (Å²) in [5.41, 5.74) is 4.08. The lowest BCUT2D eigenvalue weighted by atomic mass is 9.74. The van der Waals surface area contributed by atoms with Crippen molar-refractivity contribution < 1.29 is 14.3 Å². The number of rotatable bonds is 4. The SMILES string of the molecule is CN1CCCC2(C1)C(=O)N(C)c1ccc(-c3ccc(C[C@@H](C#N)NC(=O)OC(C)(C)C)cc3)cc12. The largest absolute Gasteiger partial charge is 0.444 e. The molecule has 2 heterocycles. The van der Waals surface area contributed by atoms with Gasteiger partial charge in [-0.15, -0.1) is 0 Å². The van der Waals surface area contributed by atoms with E-state index >= 15 is 0 Å². The highest BCUT2D eigenvalue weighted by Gasteiger charge is 2.51. The molecule has 2 aromatic rings. The number of nitriles is 1. The van der Waals surface area contributed by atoms with Gasteiger partial charge in [-0.25, -0.2) is 4.79 Å². The van der Waals surface area contributed by atoms with Crippen molar-refractivity contribution in [2.24, 2.45) is 0 Å². The minimum Gasteiger partial charge on any atom is -0.444 e. The molecule has 1 fully saturated rings.